The highest BCUT2D eigenvalue weighted by Gasteiger charge is 2.44. The molecule has 0 aromatic heterocycles. The predicted molar refractivity (Wildman–Crippen MR) is 125 cm³/mol. The van der Waals surface area contributed by atoms with Crippen LogP contribution in [0.3, 0.4) is 0 Å². The van der Waals surface area contributed by atoms with E-state index in [9.17, 15) is 17.4 Å². The van der Waals surface area contributed by atoms with Crippen molar-refractivity contribution in [1.29, 1.82) is 0 Å². The van der Waals surface area contributed by atoms with Gasteiger partial charge in [0.15, 0.2) is 11.6 Å². The van der Waals surface area contributed by atoms with E-state index in [0.717, 1.165) is 17.2 Å². The van der Waals surface area contributed by atoms with Gasteiger partial charge < -0.3 is 10.0 Å². The molecule has 4 rings (SSSR count). The number of hydrogen-bond donors (Lipinski definition) is 2. The van der Waals surface area contributed by atoms with Gasteiger partial charge >= 0.3 is 0 Å². The largest absolute Gasteiger partial charge is 0.349 e. The van der Waals surface area contributed by atoms with Gasteiger partial charge in [0, 0.05) is 16.0 Å². The summed E-state index contributed by atoms with van der Waals surface area (Å²) in [5.41, 5.74) is 1.33. The molecular formula is C23H19Cl2F3N2OS. The Morgan fingerprint density at radius 2 is 1.75 bits per heavy atom. The number of halogens is 5. The fourth-order valence-corrected chi connectivity index (χ4v) is 5.41. The number of nitrogens with one attached hydrogen (secondary N) is 2. The van der Waals surface area contributed by atoms with E-state index in [0.29, 0.717) is 22.9 Å². The lowest BCUT2D eigenvalue weighted by atomic mass is 10.1. The van der Waals surface area contributed by atoms with Gasteiger partial charge in [-0.15, -0.1) is 0 Å². The van der Waals surface area contributed by atoms with Crippen LogP contribution in [0.15, 0.2) is 48.5 Å². The standard InChI is InChI=1S/C23H19Cl2F3N2OS/c1-2-12-3-7-19(18(27)9-12)29-23-20(8-6-17(26)22(23)28)30-32(31)21-11-15(21)14-5-4-13(24)10-16(14)25/h3-10,15,21,29-30H,2,11H2,1H3. The van der Waals surface area contributed by atoms with Crippen molar-refractivity contribution in [2.24, 2.45) is 0 Å². The van der Waals surface area contributed by atoms with Gasteiger partial charge in [-0.05, 0) is 60.4 Å². The molecule has 0 aliphatic heterocycles. The van der Waals surface area contributed by atoms with Crippen LogP contribution in [-0.4, -0.2) is 9.46 Å². The minimum Gasteiger partial charge on any atom is -0.349 e. The summed E-state index contributed by atoms with van der Waals surface area (Å²) in [6.07, 6.45) is 1.25. The van der Waals surface area contributed by atoms with Gasteiger partial charge in [0.05, 0.1) is 16.6 Å². The van der Waals surface area contributed by atoms with Gasteiger partial charge in [0.25, 0.3) is 0 Å². The third kappa shape index (κ3) is 4.75. The van der Waals surface area contributed by atoms with E-state index in [2.05, 4.69) is 10.0 Å². The summed E-state index contributed by atoms with van der Waals surface area (Å²) < 4.78 is 58.6. The maximum absolute atomic E-state index is 14.6. The molecule has 1 saturated carbocycles. The number of hydrogen-bond acceptors (Lipinski definition) is 2. The van der Waals surface area contributed by atoms with Crippen LogP contribution in [0.5, 0.6) is 0 Å². The van der Waals surface area contributed by atoms with Crippen molar-refractivity contribution in [3.8, 4) is 0 Å². The lowest BCUT2D eigenvalue weighted by Crippen LogP contribution is -2.13. The zero-order valence-electron chi connectivity index (χ0n) is 16.9. The van der Waals surface area contributed by atoms with Crippen molar-refractivity contribution in [3.63, 3.8) is 0 Å². The first kappa shape index (κ1) is 23.0. The van der Waals surface area contributed by atoms with Gasteiger partial charge in [0.2, 0.25) is 0 Å². The van der Waals surface area contributed by atoms with Crippen LogP contribution in [0.4, 0.5) is 30.2 Å². The normalized spacial score (nSPS) is 18.3. The first-order chi connectivity index (χ1) is 15.3. The summed E-state index contributed by atoms with van der Waals surface area (Å²) >= 11 is 12.2. The Kier molecular flexibility index (Phi) is 6.70. The molecule has 3 unspecified atom stereocenters. The molecule has 3 nitrogen and oxygen atoms in total. The van der Waals surface area contributed by atoms with E-state index in [1.807, 2.05) is 6.92 Å². The molecule has 168 valence electrons. The monoisotopic (exact) mass is 498 g/mol. The molecule has 1 aliphatic rings. The van der Waals surface area contributed by atoms with E-state index >= 15 is 0 Å². The van der Waals surface area contributed by atoms with Crippen LogP contribution in [0.1, 0.15) is 30.4 Å². The Labute approximate surface area is 196 Å². The molecule has 0 heterocycles. The molecule has 0 bridgehead atoms. The van der Waals surface area contributed by atoms with Crippen LogP contribution in [0.25, 0.3) is 0 Å². The second-order valence-electron chi connectivity index (χ2n) is 7.52. The number of benzene rings is 3. The van der Waals surface area contributed by atoms with E-state index in [-0.39, 0.29) is 28.2 Å². The lowest BCUT2D eigenvalue weighted by molar-refractivity contribution is 0.512. The van der Waals surface area contributed by atoms with Crippen LogP contribution < -0.4 is 10.0 Å². The average Bonchev–Trinajstić information content (AvgIpc) is 3.55. The van der Waals surface area contributed by atoms with Crippen LogP contribution in [-0.2, 0) is 17.4 Å². The second-order valence-corrected chi connectivity index (χ2v) is 9.77. The first-order valence-electron chi connectivity index (χ1n) is 9.94. The molecule has 1 fully saturated rings. The van der Waals surface area contributed by atoms with Gasteiger partial charge in [-0.2, -0.15) is 0 Å². The van der Waals surface area contributed by atoms with Crippen molar-refractivity contribution in [1.82, 2.24) is 0 Å². The molecule has 3 aromatic carbocycles. The van der Waals surface area contributed by atoms with E-state index < -0.39 is 28.4 Å². The summed E-state index contributed by atoms with van der Waals surface area (Å²) in [5, 5.41) is 3.33. The summed E-state index contributed by atoms with van der Waals surface area (Å²) in [5.74, 6) is -2.95. The fraction of sp³-hybridized carbons (Fsp3) is 0.217. The highest BCUT2D eigenvalue weighted by Crippen LogP contribution is 2.48. The second kappa shape index (κ2) is 9.33. The van der Waals surface area contributed by atoms with Crippen LogP contribution in [0.2, 0.25) is 10.0 Å². The SMILES string of the molecule is CCc1ccc(Nc2c(NS(=O)C3CC3c3ccc(Cl)cc3Cl)ccc(F)c2F)c(F)c1. The van der Waals surface area contributed by atoms with Crippen molar-refractivity contribution < 1.29 is 17.4 Å². The molecule has 1 aliphatic carbocycles. The molecule has 3 aromatic rings. The van der Waals surface area contributed by atoms with Crippen molar-refractivity contribution >= 4 is 51.2 Å². The van der Waals surface area contributed by atoms with Crippen LogP contribution >= 0.6 is 23.2 Å². The molecule has 3 atom stereocenters. The Balaban J connectivity index is 1.55. The molecule has 9 heteroatoms. The maximum atomic E-state index is 14.6. The highest BCUT2D eigenvalue weighted by molar-refractivity contribution is 7.87. The number of rotatable bonds is 7. The minimum absolute atomic E-state index is 0.0159. The average molecular weight is 499 g/mol. The lowest BCUT2D eigenvalue weighted by Gasteiger charge is -2.16. The Morgan fingerprint density at radius 3 is 2.44 bits per heavy atom. The smallest absolute Gasteiger partial charge is 0.184 e. The van der Waals surface area contributed by atoms with E-state index in [1.54, 1.807) is 24.3 Å². The molecule has 0 spiro atoms. The minimum atomic E-state index is -1.61. The molecule has 0 radical (unpaired) electrons. The third-order valence-corrected chi connectivity index (χ3v) is 7.43. The topological polar surface area (TPSA) is 41.1 Å². The van der Waals surface area contributed by atoms with E-state index in [4.69, 9.17) is 23.2 Å². The van der Waals surface area contributed by atoms with Gasteiger partial charge in [-0.1, -0.05) is 42.3 Å². The summed E-state index contributed by atoms with van der Waals surface area (Å²) in [6.45, 7) is 1.88. The maximum Gasteiger partial charge on any atom is 0.184 e. The number of aryl methyl sites for hydroxylation is 1. The zero-order chi connectivity index (χ0) is 23.0. The van der Waals surface area contributed by atoms with Gasteiger partial charge in [0.1, 0.15) is 22.5 Å². The summed E-state index contributed by atoms with van der Waals surface area (Å²) in [6, 6.07) is 11.8. The molecule has 0 amide bonds. The third-order valence-electron chi connectivity index (χ3n) is 5.38. The molecule has 32 heavy (non-hydrogen) atoms. The van der Waals surface area contributed by atoms with Crippen molar-refractivity contribution in [3.05, 3.63) is 87.2 Å². The van der Waals surface area contributed by atoms with Crippen LogP contribution in [0, 0.1) is 17.5 Å². The van der Waals surface area contributed by atoms with Crippen molar-refractivity contribution in [2.45, 2.75) is 30.9 Å². The van der Waals surface area contributed by atoms with E-state index in [1.165, 1.54) is 18.2 Å². The predicted octanol–water partition coefficient (Wildman–Crippen LogP) is 7.35. The molecule has 0 saturated heterocycles. The number of anilines is 3. The quantitative estimate of drug-likeness (QED) is 0.357. The Bertz CT molecular complexity index is 1210. The zero-order valence-corrected chi connectivity index (χ0v) is 19.2. The Morgan fingerprint density at radius 1 is 1.00 bits per heavy atom. The van der Waals surface area contributed by atoms with Gasteiger partial charge in [-0.25, -0.2) is 17.4 Å². The summed E-state index contributed by atoms with van der Waals surface area (Å²) in [4.78, 5) is 0. The summed E-state index contributed by atoms with van der Waals surface area (Å²) in [7, 11) is -1.61. The highest BCUT2D eigenvalue weighted by atomic mass is 35.5. The van der Waals surface area contributed by atoms with Crippen molar-refractivity contribution in [2.75, 3.05) is 10.0 Å². The van der Waals surface area contributed by atoms with Gasteiger partial charge in [-0.3, -0.25) is 0 Å². The molecular weight excluding hydrogens is 480 g/mol. The molecule has 2 N–H and O–H groups in total. The Hall–Kier alpha value is -2.22. The first-order valence-corrected chi connectivity index (χ1v) is 11.9. The fourth-order valence-electron chi connectivity index (χ4n) is 3.49.